The molecular weight excluding hydrogens is 304 g/mol. The molecular formula is C12H10BrClN2O. The van der Waals surface area contributed by atoms with Gasteiger partial charge in [-0.05, 0) is 40.5 Å². The fourth-order valence-electron chi connectivity index (χ4n) is 1.36. The van der Waals surface area contributed by atoms with Crippen molar-refractivity contribution >= 4 is 27.5 Å². The van der Waals surface area contributed by atoms with Crippen molar-refractivity contribution in [3.8, 4) is 11.6 Å². The summed E-state index contributed by atoms with van der Waals surface area (Å²) in [6.07, 6.45) is 5.05. The number of aromatic nitrogens is 2. The van der Waals surface area contributed by atoms with Crippen molar-refractivity contribution in [2.75, 3.05) is 0 Å². The third kappa shape index (κ3) is 3.17. The van der Waals surface area contributed by atoms with E-state index in [4.69, 9.17) is 16.3 Å². The molecule has 3 nitrogen and oxygen atoms in total. The van der Waals surface area contributed by atoms with Gasteiger partial charge in [0.25, 0.3) is 0 Å². The lowest BCUT2D eigenvalue weighted by Crippen LogP contribution is -1.93. The summed E-state index contributed by atoms with van der Waals surface area (Å²) in [4.78, 5) is 8.25. The molecule has 17 heavy (non-hydrogen) atoms. The average molecular weight is 314 g/mol. The van der Waals surface area contributed by atoms with Gasteiger partial charge in [0.2, 0.25) is 5.88 Å². The predicted molar refractivity (Wildman–Crippen MR) is 70.5 cm³/mol. The van der Waals surface area contributed by atoms with Gasteiger partial charge in [-0.2, -0.15) is 0 Å². The Hall–Kier alpha value is -1.13. The molecule has 0 saturated carbocycles. The molecule has 5 heteroatoms. The molecule has 0 aliphatic carbocycles. The van der Waals surface area contributed by atoms with E-state index in [-0.39, 0.29) is 0 Å². The van der Waals surface area contributed by atoms with Gasteiger partial charge in [0.05, 0.1) is 6.20 Å². The van der Waals surface area contributed by atoms with Gasteiger partial charge < -0.3 is 4.74 Å². The molecule has 0 atom stereocenters. The van der Waals surface area contributed by atoms with Crippen LogP contribution >= 0.6 is 27.5 Å². The molecule has 0 aromatic carbocycles. The van der Waals surface area contributed by atoms with Crippen LogP contribution in [0.4, 0.5) is 0 Å². The van der Waals surface area contributed by atoms with Crippen molar-refractivity contribution in [1.82, 2.24) is 9.97 Å². The zero-order valence-corrected chi connectivity index (χ0v) is 11.5. The second-order valence-electron chi connectivity index (χ2n) is 3.54. The van der Waals surface area contributed by atoms with E-state index in [1.54, 1.807) is 18.6 Å². The van der Waals surface area contributed by atoms with Crippen LogP contribution in [0.1, 0.15) is 11.1 Å². The highest BCUT2D eigenvalue weighted by Crippen LogP contribution is 2.24. The lowest BCUT2D eigenvalue weighted by atomic mass is 10.2. The van der Waals surface area contributed by atoms with Gasteiger partial charge in [-0.15, -0.1) is 11.6 Å². The van der Waals surface area contributed by atoms with E-state index in [1.807, 2.05) is 19.1 Å². The van der Waals surface area contributed by atoms with Crippen molar-refractivity contribution in [3.05, 3.63) is 46.3 Å². The molecule has 0 fully saturated rings. The standard InChI is InChI=1S/C12H10BrClN2O/c1-8-2-9(4-14)5-16-12(8)17-11-3-10(13)6-15-7-11/h2-3,5-7H,4H2,1H3. The molecule has 2 aromatic rings. The largest absolute Gasteiger partial charge is 0.437 e. The molecule has 0 amide bonds. The average Bonchev–Trinajstić information content (AvgIpc) is 2.32. The number of halogens is 2. The number of ether oxygens (including phenoxy) is 1. The fourth-order valence-corrected chi connectivity index (χ4v) is 1.85. The van der Waals surface area contributed by atoms with E-state index in [9.17, 15) is 0 Å². The first-order chi connectivity index (χ1) is 8.19. The lowest BCUT2D eigenvalue weighted by Gasteiger charge is -2.08. The Balaban J connectivity index is 2.24. The Morgan fingerprint density at radius 2 is 2.12 bits per heavy atom. The zero-order chi connectivity index (χ0) is 12.3. The Morgan fingerprint density at radius 1 is 1.29 bits per heavy atom. The minimum Gasteiger partial charge on any atom is -0.437 e. The second-order valence-corrected chi connectivity index (χ2v) is 4.72. The number of hydrogen-bond donors (Lipinski definition) is 0. The van der Waals surface area contributed by atoms with Crippen molar-refractivity contribution in [1.29, 1.82) is 0 Å². The highest BCUT2D eigenvalue weighted by molar-refractivity contribution is 9.10. The molecule has 88 valence electrons. The van der Waals surface area contributed by atoms with Crippen LogP contribution in [0, 0.1) is 6.92 Å². The van der Waals surface area contributed by atoms with Crippen LogP contribution in [0.2, 0.25) is 0 Å². The van der Waals surface area contributed by atoms with Crippen LogP contribution in [0.15, 0.2) is 35.2 Å². The molecule has 0 bridgehead atoms. The van der Waals surface area contributed by atoms with E-state index in [1.165, 1.54) is 0 Å². The zero-order valence-electron chi connectivity index (χ0n) is 9.15. The minimum atomic E-state index is 0.451. The molecule has 0 spiro atoms. The topological polar surface area (TPSA) is 35.0 Å². The summed E-state index contributed by atoms with van der Waals surface area (Å²) in [5.74, 6) is 1.67. The predicted octanol–water partition coefficient (Wildman–Crippen LogP) is 4.08. The number of nitrogens with zero attached hydrogens (tertiary/aromatic N) is 2. The number of rotatable bonds is 3. The number of aryl methyl sites for hydroxylation is 1. The first-order valence-electron chi connectivity index (χ1n) is 4.99. The van der Waals surface area contributed by atoms with Crippen molar-refractivity contribution in [3.63, 3.8) is 0 Å². The quantitative estimate of drug-likeness (QED) is 0.801. The Morgan fingerprint density at radius 3 is 2.76 bits per heavy atom. The van der Waals surface area contributed by atoms with Gasteiger partial charge in [-0.3, -0.25) is 4.98 Å². The van der Waals surface area contributed by atoms with Gasteiger partial charge in [0, 0.05) is 28.3 Å². The van der Waals surface area contributed by atoms with E-state index in [0.717, 1.165) is 15.6 Å². The van der Waals surface area contributed by atoms with Crippen molar-refractivity contribution in [2.24, 2.45) is 0 Å². The van der Waals surface area contributed by atoms with Crippen LogP contribution in [0.3, 0.4) is 0 Å². The fraction of sp³-hybridized carbons (Fsp3) is 0.167. The third-order valence-electron chi connectivity index (χ3n) is 2.14. The van der Waals surface area contributed by atoms with Gasteiger partial charge in [0.1, 0.15) is 5.75 Å². The highest BCUT2D eigenvalue weighted by Gasteiger charge is 2.05. The third-order valence-corrected chi connectivity index (χ3v) is 2.88. The number of hydrogen-bond acceptors (Lipinski definition) is 3. The maximum atomic E-state index is 5.74. The molecule has 0 saturated heterocycles. The summed E-state index contributed by atoms with van der Waals surface area (Å²) in [6, 6.07) is 3.80. The molecule has 2 rings (SSSR count). The summed E-state index contributed by atoms with van der Waals surface area (Å²) < 4.78 is 6.51. The molecule has 0 unspecified atom stereocenters. The first-order valence-corrected chi connectivity index (χ1v) is 6.31. The number of pyridine rings is 2. The van der Waals surface area contributed by atoms with E-state index < -0.39 is 0 Å². The van der Waals surface area contributed by atoms with Crippen LogP contribution in [-0.2, 0) is 5.88 Å². The monoisotopic (exact) mass is 312 g/mol. The van der Waals surface area contributed by atoms with Gasteiger partial charge in [0.15, 0.2) is 0 Å². The highest BCUT2D eigenvalue weighted by atomic mass is 79.9. The Kier molecular flexibility index (Phi) is 3.97. The molecule has 0 aliphatic heterocycles. The SMILES string of the molecule is Cc1cc(CCl)cnc1Oc1cncc(Br)c1. The molecule has 2 heterocycles. The molecule has 0 radical (unpaired) electrons. The van der Waals surface area contributed by atoms with E-state index >= 15 is 0 Å². The van der Waals surface area contributed by atoms with Gasteiger partial charge >= 0.3 is 0 Å². The molecule has 2 aromatic heterocycles. The summed E-state index contributed by atoms with van der Waals surface area (Å²) in [5.41, 5.74) is 1.92. The summed E-state index contributed by atoms with van der Waals surface area (Å²) in [7, 11) is 0. The summed E-state index contributed by atoms with van der Waals surface area (Å²) in [6.45, 7) is 1.93. The lowest BCUT2D eigenvalue weighted by molar-refractivity contribution is 0.456. The van der Waals surface area contributed by atoms with E-state index in [0.29, 0.717) is 17.5 Å². The normalized spacial score (nSPS) is 10.3. The first kappa shape index (κ1) is 12.3. The van der Waals surface area contributed by atoms with Crippen LogP contribution in [0.25, 0.3) is 0 Å². The van der Waals surface area contributed by atoms with Crippen LogP contribution < -0.4 is 4.74 Å². The second kappa shape index (κ2) is 5.47. The van der Waals surface area contributed by atoms with Crippen LogP contribution in [0.5, 0.6) is 11.6 Å². The molecule has 0 N–H and O–H groups in total. The maximum absolute atomic E-state index is 5.74. The summed E-state index contributed by atoms with van der Waals surface area (Å²) in [5, 5.41) is 0. The Bertz CT molecular complexity index is 534. The number of alkyl halides is 1. The Labute approximate surface area is 113 Å². The van der Waals surface area contributed by atoms with Crippen LogP contribution in [-0.4, -0.2) is 9.97 Å². The maximum Gasteiger partial charge on any atom is 0.222 e. The molecule has 0 aliphatic rings. The smallest absolute Gasteiger partial charge is 0.222 e. The van der Waals surface area contributed by atoms with E-state index in [2.05, 4.69) is 25.9 Å². The van der Waals surface area contributed by atoms with Crippen molar-refractivity contribution in [2.45, 2.75) is 12.8 Å². The summed E-state index contributed by atoms with van der Waals surface area (Å²) >= 11 is 9.07. The van der Waals surface area contributed by atoms with Gasteiger partial charge in [-0.1, -0.05) is 0 Å². The minimum absolute atomic E-state index is 0.451. The van der Waals surface area contributed by atoms with Crippen molar-refractivity contribution < 1.29 is 4.74 Å². The van der Waals surface area contributed by atoms with Gasteiger partial charge in [-0.25, -0.2) is 4.98 Å².